The van der Waals surface area contributed by atoms with E-state index in [0.29, 0.717) is 0 Å². The number of hydrogen-bond acceptors (Lipinski definition) is 4. The molecular formula is C22H20ClN5. The summed E-state index contributed by atoms with van der Waals surface area (Å²) in [7, 11) is 0. The maximum atomic E-state index is 6.06. The van der Waals surface area contributed by atoms with Crippen LogP contribution in [0.4, 0.5) is 0 Å². The van der Waals surface area contributed by atoms with Gasteiger partial charge in [0, 0.05) is 34.8 Å². The monoisotopic (exact) mass is 389 g/mol. The van der Waals surface area contributed by atoms with Gasteiger partial charge in [-0.15, -0.1) is 0 Å². The summed E-state index contributed by atoms with van der Waals surface area (Å²) in [6.45, 7) is 0.720. The Bertz CT molecular complexity index is 1120. The van der Waals surface area contributed by atoms with Crippen molar-refractivity contribution in [1.29, 1.82) is 0 Å². The fraction of sp³-hybridized carbons (Fsp3) is 0.227. The smallest absolute Gasteiger partial charge is 0.153 e. The first-order chi connectivity index (χ1) is 13.8. The second-order valence-corrected chi connectivity index (χ2v) is 7.55. The van der Waals surface area contributed by atoms with Gasteiger partial charge in [0.05, 0.1) is 23.1 Å². The zero-order chi connectivity index (χ0) is 18.9. The molecule has 0 aliphatic heterocycles. The Morgan fingerprint density at radius 2 is 2.11 bits per heavy atom. The summed E-state index contributed by atoms with van der Waals surface area (Å²) in [5.74, 6) is 0.874. The summed E-state index contributed by atoms with van der Waals surface area (Å²) in [6.07, 6.45) is 7.05. The Labute approximate surface area is 168 Å². The molecule has 3 heterocycles. The quantitative estimate of drug-likeness (QED) is 0.552. The zero-order valence-electron chi connectivity index (χ0n) is 15.3. The van der Waals surface area contributed by atoms with Crippen LogP contribution in [0, 0.1) is 0 Å². The first-order valence-corrected chi connectivity index (χ1v) is 9.92. The number of halogens is 1. The third-order valence-electron chi connectivity index (χ3n) is 5.29. The van der Waals surface area contributed by atoms with E-state index >= 15 is 0 Å². The Kier molecular flexibility index (Phi) is 4.55. The number of pyridine rings is 2. The molecule has 5 nitrogen and oxygen atoms in total. The molecule has 0 amide bonds. The third-order valence-corrected chi connectivity index (χ3v) is 5.52. The number of nitrogens with zero attached hydrogens (tertiary/aromatic N) is 4. The van der Waals surface area contributed by atoms with Gasteiger partial charge in [0.2, 0.25) is 0 Å². The molecule has 0 spiro atoms. The lowest BCUT2D eigenvalue weighted by molar-refractivity contribution is 0.452. The maximum absolute atomic E-state index is 6.06. The van der Waals surface area contributed by atoms with Gasteiger partial charge < -0.3 is 5.32 Å². The van der Waals surface area contributed by atoms with Crippen LogP contribution < -0.4 is 5.32 Å². The SMILES string of the molecule is Clc1ccc2nc(CN[C@@H]3CCCc4c3cnn4-c3ccccn3)ccc2c1. The summed E-state index contributed by atoms with van der Waals surface area (Å²) >= 11 is 6.06. The van der Waals surface area contributed by atoms with E-state index in [-0.39, 0.29) is 6.04 Å². The lowest BCUT2D eigenvalue weighted by Crippen LogP contribution is -2.25. The Morgan fingerprint density at radius 1 is 1.14 bits per heavy atom. The molecule has 0 saturated carbocycles. The second kappa shape index (κ2) is 7.34. The number of nitrogens with one attached hydrogen (secondary N) is 1. The van der Waals surface area contributed by atoms with E-state index in [2.05, 4.69) is 27.5 Å². The molecule has 1 aliphatic carbocycles. The molecule has 0 bridgehead atoms. The molecule has 0 unspecified atom stereocenters. The van der Waals surface area contributed by atoms with Crippen LogP contribution in [0.2, 0.25) is 5.02 Å². The number of fused-ring (bicyclic) bond motifs is 2. The molecule has 140 valence electrons. The predicted molar refractivity (Wildman–Crippen MR) is 111 cm³/mol. The molecule has 0 fully saturated rings. The van der Waals surface area contributed by atoms with Gasteiger partial charge in [-0.3, -0.25) is 4.98 Å². The number of benzene rings is 1. The van der Waals surface area contributed by atoms with Crippen LogP contribution >= 0.6 is 11.6 Å². The van der Waals surface area contributed by atoms with Gasteiger partial charge in [-0.05, 0) is 55.7 Å². The van der Waals surface area contributed by atoms with Crippen molar-refractivity contribution in [2.45, 2.75) is 31.8 Å². The largest absolute Gasteiger partial charge is 0.304 e. The fourth-order valence-electron chi connectivity index (χ4n) is 3.91. The number of rotatable bonds is 4. The zero-order valence-corrected chi connectivity index (χ0v) is 16.1. The van der Waals surface area contributed by atoms with Crippen LogP contribution in [0.15, 0.2) is 60.9 Å². The number of hydrogen-bond donors (Lipinski definition) is 1. The van der Waals surface area contributed by atoms with Crippen molar-refractivity contribution < 1.29 is 0 Å². The summed E-state index contributed by atoms with van der Waals surface area (Å²) in [5.41, 5.74) is 4.52. The molecule has 4 aromatic rings. The van der Waals surface area contributed by atoms with E-state index in [1.165, 1.54) is 11.3 Å². The molecule has 3 aromatic heterocycles. The summed E-state index contributed by atoms with van der Waals surface area (Å²) in [5, 5.41) is 10.1. The van der Waals surface area contributed by atoms with Gasteiger partial charge in [-0.2, -0.15) is 5.10 Å². The van der Waals surface area contributed by atoms with E-state index in [9.17, 15) is 0 Å². The Hall–Kier alpha value is -2.76. The van der Waals surface area contributed by atoms with Crippen LogP contribution in [0.25, 0.3) is 16.7 Å². The van der Waals surface area contributed by atoms with E-state index in [1.807, 2.05) is 47.3 Å². The van der Waals surface area contributed by atoms with Gasteiger partial charge in [0.1, 0.15) is 0 Å². The average molecular weight is 390 g/mol. The lowest BCUT2D eigenvalue weighted by Gasteiger charge is -2.24. The highest BCUT2D eigenvalue weighted by Crippen LogP contribution is 2.31. The first kappa shape index (κ1) is 17.3. The van der Waals surface area contributed by atoms with Gasteiger partial charge in [-0.1, -0.05) is 23.7 Å². The van der Waals surface area contributed by atoms with Crippen molar-refractivity contribution in [2.75, 3.05) is 0 Å². The normalized spacial score (nSPS) is 16.2. The molecule has 1 aliphatic rings. The Morgan fingerprint density at radius 3 is 3.00 bits per heavy atom. The highest BCUT2D eigenvalue weighted by Gasteiger charge is 2.24. The van der Waals surface area contributed by atoms with Crippen LogP contribution in [0.3, 0.4) is 0 Å². The van der Waals surface area contributed by atoms with Crippen molar-refractivity contribution in [3.63, 3.8) is 0 Å². The molecule has 5 rings (SSSR count). The van der Waals surface area contributed by atoms with Crippen molar-refractivity contribution in [3.05, 3.63) is 82.9 Å². The Balaban J connectivity index is 1.36. The topological polar surface area (TPSA) is 55.6 Å². The fourth-order valence-corrected chi connectivity index (χ4v) is 4.09. The van der Waals surface area contributed by atoms with Crippen molar-refractivity contribution in [1.82, 2.24) is 25.1 Å². The van der Waals surface area contributed by atoms with E-state index in [1.54, 1.807) is 6.20 Å². The van der Waals surface area contributed by atoms with Crippen LogP contribution in [0.1, 0.15) is 35.8 Å². The van der Waals surface area contributed by atoms with Crippen molar-refractivity contribution in [2.24, 2.45) is 0 Å². The van der Waals surface area contributed by atoms with Gasteiger partial charge in [0.15, 0.2) is 5.82 Å². The average Bonchev–Trinajstić information content (AvgIpc) is 3.17. The summed E-state index contributed by atoms with van der Waals surface area (Å²) in [6, 6.07) is 16.1. The van der Waals surface area contributed by atoms with Crippen molar-refractivity contribution in [3.8, 4) is 5.82 Å². The molecule has 1 N–H and O–H groups in total. The van der Waals surface area contributed by atoms with Crippen molar-refractivity contribution >= 4 is 22.5 Å². The maximum Gasteiger partial charge on any atom is 0.153 e. The molecular weight excluding hydrogens is 370 g/mol. The summed E-state index contributed by atoms with van der Waals surface area (Å²) in [4.78, 5) is 9.20. The van der Waals surface area contributed by atoms with Gasteiger partial charge >= 0.3 is 0 Å². The standard InChI is InChI=1S/C22H20ClN5/c23-16-8-10-19-15(12-16)7-9-17(27-19)13-25-20-4-3-5-21-18(20)14-26-28(21)22-6-1-2-11-24-22/h1-2,6-12,14,20,25H,3-5,13H2/t20-/m1/s1. The van der Waals surface area contributed by atoms with Crippen LogP contribution in [-0.2, 0) is 13.0 Å². The van der Waals surface area contributed by atoms with Gasteiger partial charge in [-0.25, -0.2) is 9.67 Å². The molecule has 1 atom stereocenters. The highest BCUT2D eigenvalue weighted by atomic mass is 35.5. The lowest BCUT2D eigenvalue weighted by atomic mass is 9.93. The minimum atomic E-state index is 0.281. The molecule has 1 aromatic carbocycles. The number of aromatic nitrogens is 4. The predicted octanol–water partition coefficient (Wildman–Crippen LogP) is 4.64. The molecule has 0 radical (unpaired) electrons. The van der Waals surface area contributed by atoms with E-state index in [4.69, 9.17) is 16.6 Å². The highest BCUT2D eigenvalue weighted by molar-refractivity contribution is 6.31. The minimum Gasteiger partial charge on any atom is -0.304 e. The molecule has 0 saturated heterocycles. The summed E-state index contributed by atoms with van der Waals surface area (Å²) < 4.78 is 1.97. The van der Waals surface area contributed by atoms with E-state index < -0.39 is 0 Å². The van der Waals surface area contributed by atoms with Crippen LogP contribution in [0.5, 0.6) is 0 Å². The second-order valence-electron chi connectivity index (χ2n) is 7.11. The first-order valence-electron chi connectivity index (χ1n) is 9.55. The third kappa shape index (κ3) is 3.28. The minimum absolute atomic E-state index is 0.281. The molecule has 28 heavy (non-hydrogen) atoms. The van der Waals surface area contributed by atoms with E-state index in [0.717, 1.165) is 53.2 Å². The van der Waals surface area contributed by atoms with Crippen LogP contribution in [-0.4, -0.2) is 19.7 Å². The molecule has 6 heteroatoms. The van der Waals surface area contributed by atoms with Gasteiger partial charge in [0.25, 0.3) is 0 Å².